The third-order valence-corrected chi connectivity index (χ3v) is 8.45. The maximum atomic E-state index is 13.4. The fourth-order valence-electron chi connectivity index (χ4n) is 4.17. The van der Waals surface area contributed by atoms with Gasteiger partial charge in [0.25, 0.3) is 5.91 Å². The molecule has 6 nitrogen and oxygen atoms in total. The number of rotatable bonds is 12. The molecule has 0 bridgehead atoms. The molecule has 1 N–H and O–H groups in total. The van der Waals surface area contributed by atoms with E-state index in [9.17, 15) is 4.79 Å². The van der Waals surface area contributed by atoms with Crippen LogP contribution in [0.1, 0.15) is 54.1 Å². The largest absolute Gasteiger partial charge is 0.350 e. The van der Waals surface area contributed by atoms with Gasteiger partial charge in [-0.05, 0) is 62.8 Å². The molecule has 192 valence electrons. The summed E-state index contributed by atoms with van der Waals surface area (Å²) in [5, 5.41) is 5.10. The van der Waals surface area contributed by atoms with Crippen LogP contribution in [0.5, 0.6) is 0 Å². The number of nitrogens with zero attached hydrogens (tertiary/aromatic N) is 4. The Bertz CT molecular complexity index is 1220. The second kappa shape index (κ2) is 12.7. The van der Waals surface area contributed by atoms with Gasteiger partial charge in [-0.25, -0.2) is 4.98 Å². The molecule has 0 unspecified atom stereocenters. The average molecular weight is 524 g/mol. The summed E-state index contributed by atoms with van der Waals surface area (Å²) in [6.45, 7) is 4.93. The molecule has 8 heteroatoms. The van der Waals surface area contributed by atoms with E-state index in [4.69, 9.17) is 4.98 Å². The highest BCUT2D eigenvalue weighted by molar-refractivity contribution is 8.14. The lowest BCUT2D eigenvalue weighted by atomic mass is 9.99. The first-order chi connectivity index (χ1) is 17.4. The van der Waals surface area contributed by atoms with E-state index in [-0.39, 0.29) is 5.91 Å². The number of nitrogens with one attached hydrogen (secondary N) is 1. The Morgan fingerprint density at radius 2 is 1.92 bits per heavy atom. The number of likely N-dealkylation sites (N-methyl/N-ethyl adjacent to an activating group) is 2. The van der Waals surface area contributed by atoms with Crippen molar-refractivity contribution in [3.8, 4) is 0 Å². The first-order valence-electron chi connectivity index (χ1n) is 12.8. The molecule has 0 saturated heterocycles. The van der Waals surface area contributed by atoms with Crippen LogP contribution in [0.15, 0.2) is 41.4 Å². The van der Waals surface area contributed by atoms with Crippen LogP contribution >= 0.6 is 23.1 Å². The number of hydrogen-bond acceptors (Lipinski definition) is 7. The predicted molar refractivity (Wildman–Crippen MR) is 158 cm³/mol. The SMILES string of the molecule is CCCCCCc1ccc(C(=O)Nc2ccc3nc(N(C)CCN(C)C)sc3c2)c(C2=NCCS2)c1. The van der Waals surface area contributed by atoms with Crippen LogP contribution in [0.4, 0.5) is 10.8 Å². The minimum absolute atomic E-state index is 0.0927. The van der Waals surface area contributed by atoms with Crippen molar-refractivity contribution in [3.63, 3.8) is 0 Å². The molecule has 0 radical (unpaired) electrons. The maximum absolute atomic E-state index is 13.4. The number of carbonyl (C=O) groups is 1. The van der Waals surface area contributed by atoms with Crippen LogP contribution < -0.4 is 10.2 Å². The summed E-state index contributed by atoms with van der Waals surface area (Å²) >= 11 is 3.40. The van der Waals surface area contributed by atoms with Gasteiger partial charge < -0.3 is 15.1 Å². The smallest absolute Gasteiger partial charge is 0.256 e. The summed E-state index contributed by atoms with van der Waals surface area (Å²) < 4.78 is 1.07. The number of amides is 1. The quantitative estimate of drug-likeness (QED) is 0.288. The number of aliphatic imine (C=N–C) groups is 1. The Morgan fingerprint density at radius 3 is 2.67 bits per heavy atom. The summed E-state index contributed by atoms with van der Waals surface area (Å²) in [6.07, 6.45) is 5.98. The van der Waals surface area contributed by atoms with Gasteiger partial charge in [0.2, 0.25) is 0 Å². The Balaban J connectivity index is 1.51. The number of hydrogen-bond donors (Lipinski definition) is 1. The molecule has 1 aliphatic rings. The minimum atomic E-state index is -0.0927. The minimum Gasteiger partial charge on any atom is -0.350 e. The van der Waals surface area contributed by atoms with E-state index < -0.39 is 0 Å². The van der Waals surface area contributed by atoms with Crippen molar-refractivity contribution >= 4 is 55.1 Å². The molecule has 2 aromatic carbocycles. The van der Waals surface area contributed by atoms with Crippen LogP contribution in [0.2, 0.25) is 0 Å². The predicted octanol–water partition coefficient (Wildman–Crippen LogP) is 6.16. The lowest BCUT2D eigenvalue weighted by molar-refractivity contribution is 0.102. The van der Waals surface area contributed by atoms with Crippen molar-refractivity contribution in [2.45, 2.75) is 39.0 Å². The van der Waals surface area contributed by atoms with Crippen LogP contribution in [-0.4, -0.2) is 67.4 Å². The number of thioether (sulfide) groups is 1. The lowest BCUT2D eigenvalue weighted by Gasteiger charge is -2.18. The number of fused-ring (bicyclic) bond motifs is 1. The Labute approximate surface area is 223 Å². The standard InChI is InChI=1S/C28H37N5OS2/c1-5-6-7-8-9-20-10-12-22(23(18-20)27-29-14-17-35-27)26(34)30-21-11-13-24-25(19-21)36-28(31-24)33(4)16-15-32(2)3/h10-13,18-19H,5-9,14-17H2,1-4H3,(H,30,34). The number of aromatic nitrogens is 1. The maximum Gasteiger partial charge on any atom is 0.256 e. The summed E-state index contributed by atoms with van der Waals surface area (Å²) in [6, 6.07) is 12.2. The van der Waals surface area contributed by atoms with Crippen molar-refractivity contribution in [2.75, 3.05) is 56.7 Å². The molecule has 0 atom stereocenters. The second-order valence-corrected chi connectivity index (χ2v) is 11.7. The summed E-state index contributed by atoms with van der Waals surface area (Å²) in [5.41, 5.74) is 4.68. The van der Waals surface area contributed by atoms with Gasteiger partial charge in [0.05, 0.1) is 15.3 Å². The highest BCUT2D eigenvalue weighted by atomic mass is 32.2. The Kier molecular flexibility index (Phi) is 9.40. The van der Waals surface area contributed by atoms with Crippen molar-refractivity contribution in [2.24, 2.45) is 4.99 Å². The second-order valence-electron chi connectivity index (χ2n) is 9.58. The molecule has 1 amide bonds. The van der Waals surface area contributed by atoms with Gasteiger partial charge >= 0.3 is 0 Å². The average Bonchev–Trinajstić information content (AvgIpc) is 3.55. The monoisotopic (exact) mass is 523 g/mol. The zero-order valence-electron chi connectivity index (χ0n) is 21.8. The van der Waals surface area contributed by atoms with E-state index in [0.717, 1.165) is 63.5 Å². The highest BCUT2D eigenvalue weighted by Gasteiger charge is 2.20. The van der Waals surface area contributed by atoms with Gasteiger partial charge in [-0.2, -0.15) is 0 Å². The molecule has 36 heavy (non-hydrogen) atoms. The summed E-state index contributed by atoms with van der Waals surface area (Å²) in [4.78, 5) is 27.2. The van der Waals surface area contributed by atoms with Gasteiger partial charge in [-0.1, -0.05) is 43.6 Å². The molecule has 0 aliphatic carbocycles. The van der Waals surface area contributed by atoms with Crippen LogP contribution in [-0.2, 0) is 6.42 Å². The molecule has 1 aliphatic heterocycles. The molecular weight excluding hydrogens is 486 g/mol. The van der Waals surface area contributed by atoms with Gasteiger partial charge in [0.15, 0.2) is 5.13 Å². The fourth-order valence-corrected chi connectivity index (χ4v) is 6.05. The molecule has 3 aromatic rings. The van der Waals surface area contributed by atoms with Crippen molar-refractivity contribution < 1.29 is 4.79 Å². The molecule has 0 spiro atoms. The first-order valence-corrected chi connectivity index (χ1v) is 14.6. The van der Waals surface area contributed by atoms with Crippen molar-refractivity contribution in [1.82, 2.24) is 9.88 Å². The number of carbonyl (C=O) groups excluding carboxylic acids is 1. The topological polar surface area (TPSA) is 60.8 Å². The number of aryl methyl sites for hydroxylation is 1. The third-order valence-electron chi connectivity index (χ3n) is 6.31. The number of unbranched alkanes of at least 4 members (excludes halogenated alkanes) is 3. The summed E-state index contributed by atoms with van der Waals surface area (Å²) in [5.74, 6) is 0.884. The Morgan fingerprint density at radius 1 is 1.06 bits per heavy atom. The molecule has 0 saturated carbocycles. The van der Waals surface area contributed by atoms with E-state index in [1.807, 2.05) is 24.3 Å². The third kappa shape index (κ3) is 6.87. The number of benzene rings is 2. The van der Waals surface area contributed by atoms with Crippen LogP contribution in [0, 0.1) is 0 Å². The number of anilines is 2. The van der Waals surface area contributed by atoms with Crippen LogP contribution in [0.25, 0.3) is 10.2 Å². The van der Waals surface area contributed by atoms with E-state index >= 15 is 0 Å². The Hall–Kier alpha value is -2.42. The van der Waals surface area contributed by atoms with Crippen LogP contribution in [0.3, 0.4) is 0 Å². The van der Waals surface area contributed by atoms with Crippen molar-refractivity contribution in [1.29, 1.82) is 0 Å². The zero-order chi connectivity index (χ0) is 25.5. The molecule has 0 fully saturated rings. The molecule has 1 aromatic heterocycles. The van der Waals surface area contributed by atoms with E-state index in [1.54, 1.807) is 23.1 Å². The lowest BCUT2D eigenvalue weighted by Crippen LogP contribution is -2.28. The molecule has 4 rings (SSSR count). The first kappa shape index (κ1) is 26.6. The van der Waals surface area contributed by atoms with Crippen molar-refractivity contribution in [3.05, 3.63) is 53.1 Å². The van der Waals surface area contributed by atoms with Gasteiger partial charge in [0, 0.05) is 49.2 Å². The van der Waals surface area contributed by atoms with E-state index in [1.165, 1.54) is 31.2 Å². The zero-order valence-corrected chi connectivity index (χ0v) is 23.5. The molecular formula is C28H37N5OS2. The summed E-state index contributed by atoms with van der Waals surface area (Å²) in [7, 11) is 6.22. The number of thiazole rings is 1. The normalized spacial score (nSPS) is 13.4. The van der Waals surface area contributed by atoms with Gasteiger partial charge in [0.1, 0.15) is 0 Å². The van der Waals surface area contributed by atoms with E-state index in [2.05, 4.69) is 60.3 Å². The van der Waals surface area contributed by atoms with Gasteiger partial charge in [-0.15, -0.1) is 11.8 Å². The van der Waals surface area contributed by atoms with Gasteiger partial charge in [-0.3, -0.25) is 9.79 Å². The van der Waals surface area contributed by atoms with E-state index in [0.29, 0.717) is 5.56 Å². The fraction of sp³-hybridized carbons (Fsp3) is 0.464. The molecule has 2 heterocycles. The highest BCUT2D eigenvalue weighted by Crippen LogP contribution is 2.31.